The van der Waals surface area contributed by atoms with Gasteiger partial charge in [0, 0.05) is 27.3 Å². The number of halogens is 2. The molecule has 0 fully saturated rings. The van der Waals surface area contributed by atoms with Crippen molar-refractivity contribution in [2.45, 2.75) is 0 Å². The summed E-state index contributed by atoms with van der Waals surface area (Å²) in [6.07, 6.45) is 1.33. The van der Waals surface area contributed by atoms with Crippen LogP contribution in [0.1, 0.15) is 5.56 Å². The number of nitro groups is 1. The first kappa shape index (κ1) is 14.5. The predicted octanol–water partition coefficient (Wildman–Crippen LogP) is 4.47. The molecule has 2 rings (SSSR count). The minimum Gasteiger partial charge on any atom is -0.502 e. The van der Waals surface area contributed by atoms with Crippen molar-refractivity contribution < 1.29 is 10.0 Å². The lowest BCUT2D eigenvalue weighted by molar-refractivity contribution is -0.385. The van der Waals surface area contributed by atoms with Gasteiger partial charge < -0.3 is 5.11 Å². The van der Waals surface area contributed by atoms with Gasteiger partial charge in [0.05, 0.1) is 10.6 Å². The number of nitro benzene ring substituents is 1. The Bertz CT molecular complexity index is 704. The molecular weight excluding hydrogens is 348 g/mol. The van der Waals surface area contributed by atoms with Gasteiger partial charge in [0.2, 0.25) is 5.75 Å². The number of hydrogen-bond donors (Lipinski definition) is 1. The van der Waals surface area contributed by atoms with E-state index < -0.39 is 16.4 Å². The molecule has 0 amide bonds. The highest BCUT2D eigenvalue weighted by atomic mass is 79.9. The maximum atomic E-state index is 10.8. The van der Waals surface area contributed by atoms with Gasteiger partial charge in [-0.3, -0.25) is 15.1 Å². The summed E-state index contributed by atoms with van der Waals surface area (Å²) < 4.78 is 0.855. The third-order valence-electron chi connectivity index (χ3n) is 2.44. The average Bonchev–Trinajstić information content (AvgIpc) is 2.39. The lowest BCUT2D eigenvalue weighted by Crippen LogP contribution is -1.92. The van der Waals surface area contributed by atoms with Crippen LogP contribution in [0.25, 0.3) is 0 Å². The number of nitrogens with zero attached hydrogens (tertiary/aromatic N) is 2. The molecule has 0 heterocycles. The quantitative estimate of drug-likeness (QED) is 0.501. The fourth-order valence-corrected chi connectivity index (χ4v) is 2.15. The zero-order valence-electron chi connectivity index (χ0n) is 9.96. The molecule has 2 aromatic rings. The first-order valence-corrected chi connectivity index (χ1v) is 6.61. The molecule has 0 unspecified atom stereocenters. The molecule has 1 N–H and O–H groups in total. The summed E-state index contributed by atoms with van der Waals surface area (Å²) in [5.41, 5.74) is 0.374. The lowest BCUT2D eigenvalue weighted by atomic mass is 10.2. The molecule has 0 aliphatic heterocycles. The average molecular weight is 356 g/mol. The number of aromatic hydroxyl groups is 1. The number of benzene rings is 2. The van der Waals surface area contributed by atoms with Crippen molar-refractivity contribution in [1.29, 1.82) is 0 Å². The fourth-order valence-electron chi connectivity index (χ4n) is 1.54. The van der Waals surface area contributed by atoms with E-state index in [0.717, 1.165) is 10.5 Å². The molecule has 5 nitrogen and oxygen atoms in total. The van der Waals surface area contributed by atoms with Gasteiger partial charge in [0.15, 0.2) is 0 Å². The Labute approximate surface area is 127 Å². The van der Waals surface area contributed by atoms with Gasteiger partial charge in [-0.1, -0.05) is 33.6 Å². The fraction of sp³-hybridized carbons (Fsp3) is 0. The van der Waals surface area contributed by atoms with Gasteiger partial charge in [-0.25, -0.2) is 0 Å². The minimum absolute atomic E-state index is 0.158. The summed E-state index contributed by atoms with van der Waals surface area (Å²) in [6.45, 7) is 0. The second kappa shape index (κ2) is 6.02. The number of aliphatic imine (C=N–C) groups is 1. The molecule has 20 heavy (non-hydrogen) atoms. The van der Waals surface area contributed by atoms with Gasteiger partial charge >= 0.3 is 5.69 Å². The highest BCUT2D eigenvalue weighted by molar-refractivity contribution is 9.10. The SMILES string of the molecule is O=[N+]([O-])c1cc(Cl)cc(C=Nc2cccc(Br)c2)c1O. The van der Waals surface area contributed by atoms with Gasteiger partial charge in [-0.2, -0.15) is 0 Å². The maximum absolute atomic E-state index is 10.8. The van der Waals surface area contributed by atoms with Crippen LogP contribution in [0.15, 0.2) is 45.9 Å². The van der Waals surface area contributed by atoms with Crippen molar-refractivity contribution >= 4 is 45.1 Å². The molecule has 0 spiro atoms. The van der Waals surface area contributed by atoms with Crippen LogP contribution < -0.4 is 0 Å². The van der Waals surface area contributed by atoms with E-state index in [9.17, 15) is 15.2 Å². The smallest absolute Gasteiger partial charge is 0.312 e. The van der Waals surface area contributed by atoms with Crippen LogP contribution in [-0.4, -0.2) is 16.2 Å². The van der Waals surface area contributed by atoms with E-state index in [1.54, 1.807) is 18.2 Å². The summed E-state index contributed by atoms with van der Waals surface area (Å²) in [6, 6.07) is 9.68. The van der Waals surface area contributed by atoms with Crippen molar-refractivity contribution in [3.63, 3.8) is 0 Å². The first-order valence-electron chi connectivity index (χ1n) is 5.44. The molecule has 0 aliphatic rings. The Morgan fingerprint density at radius 1 is 1.35 bits per heavy atom. The minimum atomic E-state index is -0.697. The Morgan fingerprint density at radius 3 is 2.75 bits per heavy atom. The van der Waals surface area contributed by atoms with Crippen LogP contribution in [-0.2, 0) is 0 Å². The molecule has 0 atom stereocenters. The largest absolute Gasteiger partial charge is 0.502 e. The van der Waals surface area contributed by atoms with Crippen molar-refractivity contribution in [3.05, 3.63) is 61.6 Å². The topological polar surface area (TPSA) is 75.7 Å². The third kappa shape index (κ3) is 3.34. The molecule has 2 aromatic carbocycles. The molecule has 0 aliphatic carbocycles. The van der Waals surface area contributed by atoms with E-state index in [0.29, 0.717) is 5.69 Å². The predicted molar refractivity (Wildman–Crippen MR) is 81.2 cm³/mol. The Kier molecular flexibility index (Phi) is 4.36. The van der Waals surface area contributed by atoms with Crippen molar-refractivity contribution in [2.75, 3.05) is 0 Å². The van der Waals surface area contributed by atoms with Crippen molar-refractivity contribution in [1.82, 2.24) is 0 Å². The second-order valence-corrected chi connectivity index (χ2v) is 5.21. The Hall–Kier alpha value is -1.92. The van der Waals surface area contributed by atoms with E-state index in [-0.39, 0.29) is 10.6 Å². The molecule has 0 aromatic heterocycles. The van der Waals surface area contributed by atoms with Crippen molar-refractivity contribution in [3.8, 4) is 5.75 Å². The van der Waals surface area contributed by atoms with E-state index in [1.165, 1.54) is 12.3 Å². The van der Waals surface area contributed by atoms with Crippen LogP contribution in [0.5, 0.6) is 5.75 Å². The van der Waals surface area contributed by atoms with E-state index in [1.807, 2.05) is 6.07 Å². The molecule has 7 heteroatoms. The van der Waals surface area contributed by atoms with E-state index >= 15 is 0 Å². The summed E-state index contributed by atoms with van der Waals surface area (Å²) in [5.74, 6) is -0.460. The van der Waals surface area contributed by atoms with Crippen LogP contribution in [0, 0.1) is 10.1 Å². The molecule has 102 valence electrons. The van der Waals surface area contributed by atoms with E-state index in [4.69, 9.17) is 11.6 Å². The molecule has 0 saturated carbocycles. The lowest BCUT2D eigenvalue weighted by Gasteiger charge is -2.01. The number of hydrogen-bond acceptors (Lipinski definition) is 4. The standard InChI is InChI=1S/C13H8BrClN2O3/c14-9-2-1-3-11(5-9)16-7-8-4-10(15)6-12(13(8)18)17(19)20/h1-7,18H. The molecule has 0 radical (unpaired) electrons. The second-order valence-electron chi connectivity index (χ2n) is 3.86. The van der Waals surface area contributed by atoms with Gasteiger partial charge in [-0.15, -0.1) is 0 Å². The van der Waals surface area contributed by atoms with Gasteiger partial charge in [0.25, 0.3) is 0 Å². The normalized spacial score (nSPS) is 10.9. The van der Waals surface area contributed by atoms with Crippen LogP contribution in [0.2, 0.25) is 5.02 Å². The van der Waals surface area contributed by atoms with Crippen LogP contribution >= 0.6 is 27.5 Å². The Morgan fingerprint density at radius 2 is 2.10 bits per heavy atom. The number of rotatable bonds is 3. The first-order chi connectivity index (χ1) is 9.47. The van der Waals surface area contributed by atoms with Gasteiger partial charge in [-0.05, 0) is 24.3 Å². The third-order valence-corrected chi connectivity index (χ3v) is 3.15. The number of phenols is 1. The van der Waals surface area contributed by atoms with Crippen molar-refractivity contribution in [2.24, 2.45) is 4.99 Å². The number of phenolic OH excluding ortho intramolecular Hbond substituents is 1. The molecule has 0 bridgehead atoms. The summed E-state index contributed by atoms with van der Waals surface area (Å²) in [7, 11) is 0. The van der Waals surface area contributed by atoms with Crippen LogP contribution in [0.3, 0.4) is 0 Å². The summed E-state index contributed by atoms with van der Waals surface area (Å²) in [4.78, 5) is 14.2. The summed E-state index contributed by atoms with van der Waals surface area (Å²) in [5, 5.41) is 20.8. The molecule has 0 saturated heterocycles. The maximum Gasteiger partial charge on any atom is 0.312 e. The zero-order valence-corrected chi connectivity index (χ0v) is 12.3. The van der Waals surface area contributed by atoms with E-state index in [2.05, 4.69) is 20.9 Å². The zero-order chi connectivity index (χ0) is 14.7. The Balaban J connectivity index is 2.41. The highest BCUT2D eigenvalue weighted by Gasteiger charge is 2.17. The monoisotopic (exact) mass is 354 g/mol. The summed E-state index contributed by atoms with van der Waals surface area (Å²) >= 11 is 9.10. The molecular formula is C13H8BrClN2O3. The van der Waals surface area contributed by atoms with Gasteiger partial charge in [0.1, 0.15) is 0 Å². The van der Waals surface area contributed by atoms with Crippen LogP contribution in [0.4, 0.5) is 11.4 Å². The highest BCUT2D eigenvalue weighted by Crippen LogP contribution is 2.32.